The van der Waals surface area contributed by atoms with E-state index in [2.05, 4.69) is 56.6 Å². The van der Waals surface area contributed by atoms with Crippen molar-refractivity contribution in [3.8, 4) is 0 Å². The highest BCUT2D eigenvalue weighted by Gasteiger charge is 2.27. The third kappa shape index (κ3) is 5.62. The van der Waals surface area contributed by atoms with E-state index in [0.717, 1.165) is 11.8 Å². The molecule has 0 aromatic carbocycles. The molecule has 1 rings (SSSR count). The predicted molar refractivity (Wildman–Crippen MR) is 79.9 cm³/mol. The fourth-order valence-electron chi connectivity index (χ4n) is 2.32. The number of hydrogen-bond donors (Lipinski definition) is 1. The molecule has 0 amide bonds. The highest BCUT2D eigenvalue weighted by molar-refractivity contribution is 7.99. The van der Waals surface area contributed by atoms with Gasteiger partial charge >= 0.3 is 0 Å². The second-order valence-corrected chi connectivity index (χ2v) is 7.66. The first-order chi connectivity index (χ1) is 7.95. The zero-order chi connectivity index (χ0) is 12.9. The largest absolute Gasteiger partial charge is 0.314 e. The van der Waals surface area contributed by atoms with Gasteiger partial charge in [-0.1, -0.05) is 34.6 Å². The average Bonchev–Trinajstić information content (AvgIpc) is 2.26. The van der Waals surface area contributed by atoms with Crippen LogP contribution in [0.3, 0.4) is 0 Å². The van der Waals surface area contributed by atoms with Crippen molar-refractivity contribution in [2.75, 3.05) is 31.9 Å². The molecule has 1 aliphatic heterocycles. The second-order valence-electron chi connectivity index (χ2n) is 6.12. The maximum Gasteiger partial charge on any atom is 0.0147 e. The molecular formula is C14H30N2S. The van der Waals surface area contributed by atoms with Gasteiger partial charge in [-0.2, -0.15) is 11.8 Å². The molecule has 1 heterocycles. The first kappa shape index (κ1) is 15.3. The minimum atomic E-state index is 0.423. The Hall–Kier alpha value is 0.270. The minimum Gasteiger partial charge on any atom is -0.314 e. The fraction of sp³-hybridized carbons (Fsp3) is 1.00. The first-order valence-corrected chi connectivity index (χ1v) is 8.07. The number of hydrogen-bond acceptors (Lipinski definition) is 3. The van der Waals surface area contributed by atoms with Gasteiger partial charge in [0.15, 0.2) is 0 Å². The Bertz CT molecular complexity index is 220. The lowest BCUT2D eigenvalue weighted by Gasteiger charge is -2.39. The third-order valence-electron chi connectivity index (χ3n) is 3.72. The van der Waals surface area contributed by atoms with Gasteiger partial charge < -0.3 is 10.2 Å². The molecule has 2 unspecified atom stereocenters. The summed E-state index contributed by atoms with van der Waals surface area (Å²) in [7, 11) is 0. The van der Waals surface area contributed by atoms with Gasteiger partial charge in [-0.15, -0.1) is 0 Å². The van der Waals surface area contributed by atoms with Gasteiger partial charge in [-0.25, -0.2) is 0 Å². The monoisotopic (exact) mass is 258 g/mol. The quantitative estimate of drug-likeness (QED) is 0.789. The van der Waals surface area contributed by atoms with Crippen molar-refractivity contribution in [3.63, 3.8) is 0 Å². The summed E-state index contributed by atoms with van der Waals surface area (Å²) >= 11 is 2.12. The molecule has 0 aliphatic carbocycles. The minimum absolute atomic E-state index is 0.423. The number of rotatable bonds is 6. The van der Waals surface area contributed by atoms with Gasteiger partial charge in [0.25, 0.3) is 0 Å². The molecule has 1 fully saturated rings. The van der Waals surface area contributed by atoms with Crippen molar-refractivity contribution in [1.82, 2.24) is 10.2 Å². The van der Waals surface area contributed by atoms with Crippen molar-refractivity contribution in [1.29, 1.82) is 0 Å². The third-order valence-corrected chi connectivity index (χ3v) is 4.86. The lowest BCUT2D eigenvalue weighted by molar-refractivity contribution is 0.157. The molecule has 0 spiro atoms. The molecule has 3 heteroatoms. The Kier molecular flexibility index (Phi) is 6.32. The van der Waals surface area contributed by atoms with E-state index in [-0.39, 0.29) is 0 Å². The summed E-state index contributed by atoms with van der Waals surface area (Å²) < 4.78 is 0. The Morgan fingerprint density at radius 3 is 2.71 bits per heavy atom. The number of nitrogens with one attached hydrogen (secondary N) is 1. The van der Waals surface area contributed by atoms with Gasteiger partial charge in [-0.05, 0) is 11.8 Å². The van der Waals surface area contributed by atoms with E-state index >= 15 is 0 Å². The molecule has 17 heavy (non-hydrogen) atoms. The zero-order valence-electron chi connectivity index (χ0n) is 12.3. The SMILES string of the molecule is CCC(C)(CNC(C)C)CN1CCSC(C)C1. The van der Waals surface area contributed by atoms with Gasteiger partial charge in [0.05, 0.1) is 0 Å². The van der Waals surface area contributed by atoms with E-state index in [0.29, 0.717) is 11.5 Å². The van der Waals surface area contributed by atoms with Gasteiger partial charge in [0.2, 0.25) is 0 Å². The number of nitrogens with zero attached hydrogens (tertiary/aromatic N) is 1. The van der Waals surface area contributed by atoms with Crippen LogP contribution < -0.4 is 5.32 Å². The highest BCUT2D eigenvalue weighted by atomic mass is 32.2. The van der Waals surface area contributed by atoms with Crippen molar-refractivity contribution in [2.24, 2.45) is 5.41 Å². The second kappa shape index (κ2) is 7.01. The molecule has 0 bridgehead atoms. The summed E-state index contributed by atoms with van der Waals surface area (Å²) in [4.78, 5) is 2.66. The van der Waals surface area contributed by atoms with Crippen LogP contribution >= 0.6 is 11.8 Å². The van der Waals surface area contributed by atoms with E-state index in [1.807, 2.05) is 0 Å². The van der Waals surface area contributed by atoms with E-state index in [9.17, 15) is 0 Å². The summed E-state index contributed by atoms with van der Waals surface area (Å²) in [5.74, 6) is 1.30. The molecule has 2 atom stereocenters. The lowest BCUT2D eigenvalue weighted by Crippen LogP contribution is -2.47. The van der Waals surface area contributed by atoms with Gasteiger partial charge in [-0.3, -0.25) is 0 Å². The molecule has 0 radical (unpaired) electrons. The van der Waals surface area contributed by atoms with Crippen LogP contribution in [0.1, 0.15) is 41.0 Å². The summed E-state index contributed by atoms with van der Waals surface area (Å²) in [5.41, 5.74) is 0.423. The molecule has 102 valence electrons. The maximum atomic E-state index is 3.61. The van der Waals surface area contributed by atoms with Crippen LogP contribution in [-0.4, -0.2) is 48.1 Å². The molecule has 1 aliphatic rings. The van der Waals surface area contributed by atoms with Crippen LogP contribution in [-0.2, 0) is 0 Å². The maximum absolute atomic E-state index is 3.61. The molecule has 1 saturated heterocycles. The van der Waals surface area contributed by atoms with Crippen molar-refractivity contribution in [3.05, 3.63) is 0 Å². The smallest absolute Gasteiger partial charge is 0.0147 e. The zero-order valence-corrected chi connectivity index (χ0v) is 13.1. The standard InChI is InChI=1S/C14H30N2S/c1-6-14(5,10-15-12(2)3)11-16-7-8-17-13(4)9-16/h12-13,15H,6-11H2,1-5H3. The van der Waals surface area contributed by atoms with Crippen molar-refractivity contribution in [2.45, 2.75) is 52.3 Å². The van der Waals surface area contributed by atoms with Crippen molar-refractivity contribution < 1.29 is 0 Å². The van der Waals surface area contributed by atoms with E-state index in [1.165, 1.54) is 31.8 Å². The number of thioether (sulfide) groups is 1. The van der Waals surface area contributed by atoms with Crippen LogP contribution in [0.15, 0.2) is 0 Å². The Morgan fingerprint density at radius 1 is 1.47 bits per heavy atom. The van der Waals surface area contributed by atoms with E-state index in [1.54, 1.807) is 0 Å². The fourth-order valence-corrected chi connectivity index (χ4v) is 3.40. The normalized spacial score (nSPS) is 26.1. The Balaban J connectivity index is 2.43. The van der Waals surface area contributed by atoms with Crippen LogP contribution in [0.5, 0.6) is 0 Å². The summed E-state index contributed by atoms with van der Waals surface area (Å²) in [6, 6.07) is 0.594. The van der Waals surface area contributed by atoms with E-state index < -0.39 is 0 Å². The first-order valence-electron chi connectivity index (χ1n) is 7.02. The van der Waals surface area contributed by atoms with Crippen molar-refractivity contribution >= 4 is 11.8 Å². The van der Waals surface area contributed by atoms with Crippen LogP contribution in [0.2, 0.25) is 0 Å². The topological polar surface area (TPSA) is 15.3 Å². The predicted octanol–water partition coefficient (Wildman–Crippen LogP) is 2.84. The summed E-state index contributed by atoms with van der Waals surface area (Å²) in [6.07, 6.45) is 1.25. The van der Waals surface area contributed by atoms with Gasteiger partial charge in [0.1, 0.15) is 0 Å². The molecule has 0 aromatic heterocycles. The molecule has 2 nitrogen and oxygen atoms in total. The summed E-state index contributed by atoms with van der Waals surface area (Å²) in [6.45, 7) is 16.5. The van der Waals surface area contributed by atoms with E-state index in [4.69, 9.17) is 0 Å². The molecule has 0 aromatic rings. The molecular weight excluding hydrogens is 228 g/mol. The lowest BCUT2D eigenvalue weighted by atomic mass is 9.86. The molecule has 1 N–H and O–H groups in total. The van der Waals surface area contributed by atoms with Crippen LogP contribution in [0.25, 0.3) is 0 Å². The van der Waals surface area contributed by atoms with Crippen LogP contribution in [0, 0.1) is 5.41 Å². The average molecular weight is 258 g/mol. The molecule has 0 saturated carbocycles. The Labute approximate surface area is 112 Å². The summed E-state index contributed by atoms with van der Waals surface area (Å²) in [5, 5.41) is 4.41. The highest BCUT2D eigenvalue weighted by Crippen LogP contribution is 2.25. The van der Waals surface area contributed by atoms with Crippen LogP contribution in [0.4, 0.5) is 0 Å². The van der Waals surface area contributed by atoms with Gasteiger partial charge in [0, 0.05) is 43.2 Å². The Morgan fingerprint density at radius 2 is 2.18 bits per heavy atom.